The van der Waals surface area contributed by atoms with E-state index in [9.17, 15) is 19.1 Å². The van der Waals surface area contributed by atoms with Gasteiger partial charge >= 0.3 is 0 Å². The monoisotopic (exact) mass is 343 g/mol. The molecule has 0 spiro atoms. The molecule has 0 amide bonds. The summed E-state index contributed by atoms with van der Waals surface area (Å²) in [5, 5.41) is 9.32. The molecule has 1 aliphatic rings. The first-order valence-corrected chi connectivity index (χ1v) is 7.23. The maximum atomic E-state index is 14.1. The lowest BCUT2D eigenvalue weighted by Gasteiger charge is -2.10. The van der Waals surface area contributed by atoms with Gasteiger partial charge in [0.1, 0.15) is 11.6 Å². The molecule has 0 saturated heterocycles. The number of halogens is 2. The van der Waals surface area contributed by atoms with E-state index in [0.29, 0.717) is 0 Å². The van der Waals surface area contributed by atoms with Crippen LogP contribution in [-0.4, -0.2) is 21.7 Å². The summed E-state index contributed by atoms with van der Waals surface area (Å²) in [7, 11) is 0. The minimum Gasteiger partial charge on any atom is -0.506 e. The molecule has 1 aromatic heterocycles. The summed E-state index contributed by atoms with van der Waals surface area (Å²) in [5.41, 5.74) is -0.110. The van der Waals surface area contributed by atoms with Crippen LogP contribution in [0.1, 0.15) is 32.2 Å². The Hall–Kier alpha value is -2.99. The van der Waals surface area contributed by atoms with E-state index < -0.39 is 17.4 Å². The van der Waals surface area contributed by atoms with E-state index in [1.165, 1.54) is 12.1 Å². The summed E-state index contributed by atoms with van der Waals surface area (Å²) in [6.07, 6.45) is 0. The van der Waals surface area contributed by atoms with Crippen LogP contribution >= 0.6 is 11.6 Å². The van der Waals surface area contributed by atoms with Gasteiger partial charge in [-0.25, -0.2) is 9.37 Å². The molecule has 3 aromatic rings. The van der Waals surface area contributed by atoms with Gasteiger partial charge in [0.15, 0.2) is 5.69 Å². The first-order chi connectivity index (χ1) is 11.5. The van der Waals surface area contributed by atoms with Gasteiger partial charge in [-0.15, -0.1) is 0 Å². The molecule has 0 saturated carbocycles. The SMILES string of the molecule is O=C1c2ccccc2C(=O)c2oc(-c3c(F)ccc(O)c3Cl)nc21. The van der Waals surface area contributed by atoms with Crippen molar-refractivity contribution >= 4 is 23.2 Å². The predicted molar refractivity (Wildman–Crippen MR) is 81.9 cm³/mol. The first kappa shape index (κ1) is 14.6. The Morgan fingerprint density at radius 3 is 2.42 bits per heavy atom. The zero-order valence-corrected chi connectivity index (χ0v) is 12.6. The van der Waals surface area contributed by atoms with Gasteiger partial charge in [0.05, 0.1) is 10.6 Å². The summed E-state index contributed by atoms with van der Waals surface area (Å²) >= 11 is 5.90. The number of aromatic nitrogens is 1. The van der Waals surface area contributed by atoms with Crippen LogP contribution < -0.4 is 0 Å². The molecular weight excluding hydrogens is 337 g/mol. The maximum absolute atomic E-state index is 14.1. The van der Waals surface area contributed by atoms with Crippen molar-refractivity contribution in [2.24, 2.45) is 0 Å². The van der Waals surface area contributed by atoms with Gasteiger partial charge < -0.3 is 9.52 Å². The molecule has 0 aliphatic heterocycles. The number of nitrogens with zero attached hydrogens (tertiary/aromatic N) is 1. The molecule has 0 unspecified atom stereocenters. The number of rotatable bonds is 1. The summed E-state index contributed by atoms with van der Waals surface area (Å²) in [6.45, 7) is 0. The minimum absolute atomic E-state index is 0.195. The number of carbonyl (C=O) groups is 2. The number of oxazole rings is 1. The molecular formula is C17H7ClFNO4. The molecule has 4 rings (SSSR count). The topological polar surface area (TPSA) is 80.4 Å². The second kappa shape index (κ2) is 5.01. The highest BCUT2D eigenvalue weighted by atomic mass is 35.5. The Kier molecular flexibility index (Phi) is 3.04. The normalized spacial score (nSPS) is 12.9. The fraction of sp³-hybridized carbons (Fsp3) is 0. The molecule has 1 heterocycles. The van der Waals surface area contributed by atoms with E-state index in [1.807, 2.05) is 0 Å². The van der Waals surface area contributed by atoms with Crippen molar-refractivity contribution in [1.29, 1.82) is 0 Å². The summed E-state index contributed by atoms with van der Waals surface area (Å²) < 4.78 is 19.4. The fourth-order valence-corrected chi connectivity index (χ4v) is 2.84. The Bertz CT molecular complexity index is 989. The quantitative estimate of drug-likeness (QED) is 0.571. The largest absolute Gasteiger partial charge is 0.506 e. The molecule has 7 heteroatoms. The number of fused-ring (bicyclic) bond motifs is 2. The van der Waals surface area contributed by atoms with Crippen molar-refractivity contribution in [2.45, 2.75) is 0 Å². The number of phenolic OH excluding ortho intramolecular Hbond substituents is 1. The molecule has 1 N–H and O–H groups in total. The Morgan fingerprint density at radius 2 is 1.71 bits per heavy atom. The van der Waals surface area contributed by atoms with Crippen LogP contribution in [0.4, 0.5) is 4.39 Å². The van der Waals surface area contributed by atoms with Crippen LogP contribution in [0.5, 0.6) is 5.75 Å². The lowest BCUT2D eigenvalue weighted by atomic mass is 9.91. The van der Waals surface area contributed by atoms with Crippen LogP contribution in [0.2, 0.25) is 5.02 Å². The third-order valence-corrected chi connectivity index (χ3v) is 4.13. The lowest BCUT2D eigenvalue weighted by Crippen LogP contribution is -2.19. The average Bonchev–Trinajstić information content (AvgIpc) is 3.02. The van der Waals surface area contributed by atoms with Crippen molar-refractivity contribution in [2.75, 3.05) is 0 Å². The van der Waals surface area contributed by atoms with Crippen LogP contribution in [0.3, 0.4) is 0 Å². The molecule has 24 heavy (non-hydrogen) atoms. The van der Waals surface area contributed by atoms with E-state index in [1.54, 1.807) is 12.1 Å². The van der Waals surface area contributed by atoms with Gasteiger partial charge in [0, 0.05) is 11.1 Å². The van der Waals surface area contributed by atoms with Crippen molar-refractivity contribution in [3.63, 3.8) is 0 Å². The van der Waals surface area contributed by atoms with E-state index in [0.717, 1.165) is 12.1 Å². The van der Waals surface area contributed by atoms with Crippen LogP contribution in [0.25, 0.3) is 11.5 Å². The highest BCUT2D eigenvalue weighted by molar-refractivity contribution is 6.34. The Morgan fingerprint density at radius 1 is 1.04 bits per heavy atom. The van der Waals surface area contributed by atoms with Gasteiger partial charge in [-0.05, 0) is 12.1 Å². The average molecular weight is 344 g/mol. The van der Waals surface area contributed by atoms with E-state index in [-0.39, 0.29) is 44.8 Å². The number of aromatic hydroxyl groups is 1. The van der Waals surface area contributed by atoms with Crippen molar-refractivity contribution in [1.82, 2.24) is 4.98 Å². The molecule has 118 valence electrons. The molecule has 2 aromatic carbocycles. The van der Waals surface area contributed by atoms with Gasteiger partial charge in [-0.1, -0.05) is 35.9 Å². The fourth-order valence-electron chi connectivity index (χ4n) is 2.60. The van der Waals surface area contributed by atoms with E-state index in [2.05, 4.69) is 4.98 Å². The first-order valence-electron chi connectivity index (χ1n) is 6.85. The number of benzene rings is 2. The Balaban J connectivity index is 1.95. The van der Waals surface area contributed by atoms with Gasteiger partial charge in [0.25, 0.3) is 0 Å². The molecule has 5 nitrogen and oxygen atoms in total. The maximum Gasteiger partial charge on any atom is 0.232 e. The van der Waals surface area contributed by atoms with Crippen molar-refractivity contribution < 1.29 is 23.5 Å². The highest BCUT2D eigenvalue weighted by Gasteiger charge is 2.36. The van der Waals surface area contributed by atoms with E-state index >= 15 is 0 Å². The molecule has 1 aliphatic carbocycles. The molecule has 0 atom stereocenters. The number of hydrogen-bond donors (Lipinski definition) is 1. The molecule has 0 radical (unpaired) electrons. The van der Waals surface area contributed by atoms with Crippen molar-refractivity contribution in [3.8, 4) is 17.2 Å². The molecule has 0 bridgehead atoms. The van der Waals surface area contributed by atoms with Crippen LogP contribution in [-0.2, 0) is 0 Å². The van der Waals surface area contributed by atoms with Gasteiger partial charge in [0.2, 0.25) is 23.2 Å². The second-order valence-electron chi connectivity index (χ2n) is 5.16. The predicted octanol–water partition coefficient (Wildman–Crippen LogP) is 3.62. The summed E-state index contributed by atoms with van der Waals surface area (Å²) in [6, 6.07) is 8.32. The van der Waals surface area contributed by atoms with E-state index in [4.69, 9.17) is 16.0 Å². The van der Waals surface area contributed by atoms with Gasteiger partial charge in [-0.2, -0.15) is 0 Å². The standard InChI is InChI=1S/C17H7ClFNO4/c18-12-10(21)6-5-9(19)11(12)17-20-13-14(22)7-3-1-2-4-8(7)15(23)16(13)24-17/h1-6,21H. The Labute approximate surface area is 139 Å². The third kappa shape index (κ3) is 1.90. The number of phenols is 1. The van der Waals surface area contributed by atoms with Crippen molar-refractivity contribution in [3.05, 3.63) is 69.8 Å². The summed E-state index contributed by atoms with van der Waals surface area (Å²) in [4.78, 5) is 28.9. The smallest absolute Gasteiger partial charge is 0.232 e. The highest BCUT2D eigenvalue weighted by Crippen LogP contribution is 2.38. The van der Waals surface area contributed by atoms with Gasteiger partial charge in [-0.3, -0.25) is 9.59 Å². The second-order valence-corrected chi connectivity index (χ2v) is 5.53. The van der Waals surface area contributed by atoms with Crippen LogP contribution in [0, 0.1) is 5.82 Å². The number of hydrogen-bond acceptors (Lipinski definition) is 5. The number of ketones is 2. The zero-order chi connectivity index (χ0) is 17.0. The minimum atomic E-state index is -0.797. The summed E-state index contributed by atoms with van der Waals surface area (Å²) in [5.74, 6) is -2.79. The molecule has 0 fully saturated rings. The zero-order valence-electron chi connectivity index (χ0n) is 11.8. The van der Waals surface area contributed by atoms with Crippen LogP contribution in [0.15, 0.2) is 40.8 Å². The third-order valence-electron chi connectivity index (χ3n) is 3.75. The number of carbonyl (C=O) groups excluding carboxylic acids is 2. The lowest BCUT2D eigenvalue weighted by molar-refractivity contribution is 0.0959.